The number of rotatable bonds is 4. The maximum atomic E-state index is 12.1. The van der Waals surface area contributed by atoms with Gasteiger partial charge < -0.3 is 10.1 Å². The standard InChI is InChI=1S/C16H21NO2/c1-19-15-5-3-2-4-14(15)17-16(18)10-13-9-11-6-7-12(13)8-11/h2-5,11-13H,6-10H2,1H3,(H,17,18)/t11-,12+,13+/m0/s1. The van der Waals surface area contributed by atoms with Crippen LogP contribution < -0.4 is 10.1 Å². The molecular weight excluding hydrogens is 238 g/mol. The van der Waals surface area contributed by atoms with Gasteiger partial charge in [-0.15, -0.1) is 0 Å². The summed E-state index contributed by atoms with van der Waals surface area (Å²) in [4.78, 5) is 12.1. The van der Waals surface area contributed by atoms with E-state index in [0.29, 0.717) is 12.3 Å². The predicted molar refractivity (Wildman–Crippen MR) is 75.2 cm³/mol. The topological polar surface area (TPSA) is 38.3 Å². The van der Waals surface area contributed by atoms with Gasteiger partial charge in [0.2, 0.25) is 5.91 Å². The normalized spacial score (nSPS) is 28.4. The molecule has 0 heterocycles. The van der Waals surface area contributed by atoms with E-state index < -0.39 is 0 Å². The zero-order chi connectivity index (χ0) is 13.2. The highest BCUT2D eigenvalue weighted by Crippen LogP contribution is 2.49. The summed E-state index contributed by atoms with van der Waals surface area (Å²) in [6.07, 6.45) is 5.99. The van der Waals surface area contributed by atoms with Crippen molar-refractivity contribution in [1.82, 2.24) is 0 Å². The number of para-hydroxylation sites is 2. The summed E-state index contributed by atoms with van der Waals surface area (Å²) in [5, 5.41) is 2.98. The van der Waals surface area contributed by atoms with E-state index in [1.54, 1.807) is 7.11 Å². The van der Waals surface area contributed by atoms with E-state index in [-0.39, 0.29) is 5.91 Å². The average molecular weight is 259 g/mol. The molecule has 0 radical (unpaired) electrons. The molecule has 1 amide bonds. The lowest BCUT2D eigenvalue weighted by atomic mass is 9.86. The molecule has 3 rings (SSSR count). The first-order valence-electron chi connectivity index (χ1n) is 7.19. The highest BCUT2D eigenvalue weighted by Gasteiger charge is 2.40. The molecule has 2 aliphatic rings. The third kappa shape index (κ3) is 2.60. The molecule has 0 unspecified atom stereocenters. The molecule has 1 aromatic carbocycles. The number of hydrogen-bond donors (Lipinski definition) is 1. The number of fused-ring (bicyclic) bond motifs is 2. The van der Waals surface area contributed by atoms with Gasteiger partial charge >= 0.3 is 0 Å². The molecule has 0 spiro atoms. The quantitative estimate of drug-likeness (QED) is 0.899. The Morgan fingerprint density at radius 1 is 1.32 bits per heavy atom. The Kier molecular flexibility index (Phi) is 3.45. The molecule has 2 bridgehead atoms. The Balaban J connectivity index is 1.59. The van der Waals surface area contributed by atoms with Gasteiger partial charge in [-0.3, -0.25) is 4.79 Å². The first-order chi connectivity index (χ1) is 9.26. The van der Waals surface area contributed by atoms with E-state index in [1.807, 2.05) is 24.3 Å². The minimum Gasteiger partial charge on any atom is -0.495 e. The molecule has 102 valence electrons. The van der Waals surface area contributed by atoms with Gasteiger partial charge in [0.15, 0.2) is 0 Å². The Morgan fingerprint density at radius 3 is 2.84 bits per heavy atom. The van der Waals surface area contributed by atoms with Crippen LogP contribution in [0.1, 0.15) is 32.1 Å². The second-order valence-corrected chi connectivity index (χ2v) is 5.89. The third-order valence-electron chi connectivity index (χ3n) is 4.71. The van der Waals surface area contributed by atoms with Crippen LogP contribution in [-0.4, -0.2) is 13.0 Å². The van der Waals surface area contributed by atoms with Crippen LogP contribution in [0.2, 0.25) is 0 Å². The van der Waals surface area contributed by atoms with Crippen molar-refractivity contribution >= 4 is 11.6 Å². The second kappa shape index (κ2) is 5.24. The Hall–Kier alpha value is -1.51. The fraction of sp³-hybridized carbons (Fsp3) is 0.562. The summed E-state index contributed by atoms with van der Waals surface area (Å²) in [5.74, 6) is 3.15. The van der Waals surface area contributed by atoms with Crippen LogP contribution in [0, 0.1) is 17.8 Å². The molecule has 0 aliphatic heterocycles. The van der Waals surface area contributed by atoms with E-state index in [0.717, 1.165) is 23.3 Å². The zero-order valence-electron chi connectivity index (χ0n) is 11.4. The summed E-state index contributed by atoms with van der Waals surface area (Å²) < 4.78 is 5.25. The number of carbonyl (C=O) groups is 1. The molecule has 1 N–H and O–H groups in total. The van der Waals surface area contributed by atoms with Crippen LogP contribution in [-0.2, 0) is 4.79 Å². The van der Waals surface area contributed by atoms with E-state index in [4.69, 9.17) is 4.74 Å². The molecule has 3 atom stereocenters. The Labute approximate surface area is 114 Å². The summed E-state index contributed by atoms with van der Waals surface area (Å²) in [7, 11) is 1.63. The van der Waals surface area contributed by atoms with Gasteiger partial charge in [-0.2, -0.15) is 0 Å². The maximum Gasteiger partial charge on any atom is 0.224 e. The van der Waals surface area contributed by atoms with Crippen molar-refractivity contribution in [3.05, 3.63) is 24.3 Å². The Morgan fingerprint density at radius 2 is 2.16 bits per heavy atom. The molecule has 1 aromatic rings. The van der Waals surface area contributed by atoms with Crippen molar-refractivity contribution < 1.29 is 9.53 Å². The van der Waals surface area contributed by atoms with Crippen molar-refractivity contribution in [1.29, 1.82) is 0 Å². The Bertz CT molecular complexity index is 472. The van der Waals surface area contributed by atoms with Crippen LogP contribution in [0.3, 0.4) is 0 Å². The smallest absolute Gasteiger partial charge is 0.224 e. The molecule has 0 aromatic heterocycles. The fourth-order valence-corrected chi connectivity index (χ4v) is 3.81. The minimum absolute atomic E-state index is 0.127. The maximum absolute atomic E-state index is 12.1. The van der Waals surface area contributed by atoms with Crippen LogP contribution in [0.25, 0.3) is 0 Å². The fourth-order valence-electron chi connectivity index (χ4n) is 3.81. The first kappa shape index (κ1) is 12.5. The van der Waals surface area contributed by atoms with Gasteiger partial charge in [-0.1, -0.05) is 18.6 Å². The number of hydrogen-bond acceptors (Lipinski definition) is 2. The lowest BCUT2D eigenvalue weighted by molar-refractivity contribution is -0.117. The average Bonchev–Trinajstić information content (AvgIpc) is 3.01. The number of nitrogens with one attached hydrogen (secondary N) is 1. The van der Waals surface area contributed by atoms with Gasteiger partial charge in [0.05, 0.1) is 12.8 Å². The van der Waals surface area contributed by atoms with Crippen molar-refractivity contribution in [3.8, 4) is 5.75 Å². The molecule has 3 nitrogen and oxygen atoms in total. The van der Waals surface area contributed by atoms with Crippen LogP contribution >= 0.6 is 0 Å². The van der Waals surface area contributed by atoms with Gasteiger partial charge in [-0.25, -0.2) is 0 Å². The van der Waals surface area contributed by atoms with E-state index in [2.05, 4.69) is 5.32 Å². The van der Waals surface area contributed by atoms with E-state index >= 15 is 0 Å². The molecule has 2 fully saturated rings. The summed E-state index contributed by atoms with van der Waals surface area (Å²) in [5.41, 5.74) is 0.776. The number of benzene rings is 1. The zero-order valence-corrected chi connectivity index (χ0v) is 11.4. The van der Waals surface area contributed by atoms with Crippen molar-refractivity contribution in [2.45, 2.75) is 32.1 Å². The number of ether oxygens (including phenoxy) is 1. The molecule has 0 saturated heterocycles. The van der Waals surface area contributed by atoms with Gasteiger partial charge in [0, 0.05) is 6.42 Å². The number of amides is 1. The van der Waals surface area contributed by atoms with E-state index in [1.165, 1.54) is 25.7 Å². The van der Waals surface area contributed by atoms with Crippen molar-refractivity contribution in [2.24, 2.45) is 17.8 Å². The molecule has 3 heteroatoms. The van der Waals surface area contributed by atoms with E-state index in [9.17, 15) is 4.79 Å². The highest BCUT2D eigenvalue weighted by molar-refractivity contribution is 5.92. The highest BCUT2D eigenvalue weighted by atomic mass is 16.5. The number of methoxy groups -OCH3 is 1. The SMILES string of the molecule is COc1ccccc1NC(=O)C[C@H]1C[C@H]2CC[C@@H]1C2. The van der Waals surface area contributed by atoms with Gasteiger partial charge in [0.25, 0.3) is 0 Å². The number of anilines is 1. The van der Waals surface area contributed by atoms with Crippen LogP contribution in [0.15, 0.2) is 24.3 Å². The monoisotopic (exact) mass is 259 g/mol. The van der Waals surface area contributed by atoms with Gasteiger partial charge in [0.1, 0.15) is 5.75 Å². The molecule has 2 saturated carbocycles. The lowest BCUT2D eigenvalue weighted by Crippen LogP contribution is -2.20. The first-order valence-corrected chi connectivity index (χ1v) is 7.19. The minimum atomic E-state index is 0.127. The van der Waals surface area contributed by atoms with Gasteiger partial charge in [-0.05, 0) is 49.1 Å². The molecule has 19 heavy (non-hydrogen) atoms. The van der Waals surface area contributed by atoms with Crippen LogP contribution in [0.5, 0.6) is 5.75 Å². The molecular formula is C16H21NO2. The summed E-state index contributed by atoms with van der Waals surface area (Å²) in [6.45, 7) is 0. The largest absolute Gasteiger partial charge is 0.495 e. The van der Waals surface area contributed by atoms with Crippen molar-refractivity contribution in [3.63, 3.8) is 0 Å². The van der Waals surface area contributed by atoms with Crippen LogP contribution in [0.4, 0.5) is 5.69 Å². The second-order valence-electron chi connectivity index (χ2n) is 5.89. The van der Waals surface area contributed by atoms with Crippen molar-refractivity contribution in [2.75, 3.05) is 12.4 Å². The third-order valence-corrected chi connectivity index (χ3v) is 4.71. The molecule has 2 aliphatic carbocycles. The predicted octanol–water partition coefficient (Wildman–Crippen LogP) is 3.46. The lowest BCUT2D eigenvalue weighted by Gasteiger charge is -2.21. The number of carbonyl (C=O) groups excluding carboxylic acids is 1. The summed E-state index contributed by atoms with van der Waals surface area (Å²) in [6, 6.07) is 7.57. The summed E-state index contributed by atoms with van der Waals surface area (Å²) >= 11 is 0.